The lowest BCUT2D eigenvalue weighted by atomic mass is 9.98. The number of ether oxygens (including phenoxy) is 2. The van der Waals surface area contributed by atoms with E-state index in [0.717, 1.165) is 47.5 Å². The third-order valence-corrected chi connectivity index (χ3v) is 4.92. The number of fused-ring (bicyclic) bond motifs is 1. The molecule has 1 aliphatic heterocycles. The van der Waals surface area contributed by atoms with Crippen molar-refractivity contribution in [3.8, 4) is 17.2 Å². The van der Waals surface area contributed by atoms with Crippen LogP contribution >= 0.6 is 0 Å². The van der Waals surface area contributed by atoms with Crippen LogP contribution in [0.25, 0.3) is 10.8 Å². The lowest BCUT2D eigenvalue weighted by Crippen LogP contribution is -2.11. The van der Waals surface area contributed by atoms with Crippen molar-refractivity contribution in [3.05, 3.63) is 66.2 Å². The zero-order chi connectivity index (χ0) is 17.1. The molecule has 1 unspecified atom stereocenters. The van der Waals surface area contributed by atoms with Crippen LogP contribution in [0.15, 0.2) is 60.7 Å². The van der Waals surface area contributed by atoms with Gasteiger partial charge >= 0.3 is 0 Å². The van der Waals surface area contributed by atoms with Crippen LogP contribution < -0.4 is 14.8 Å². The Kier molecular flexibility index (Phi) is 4.57. The van der Waals surface area contributed by atoms with Crippen molar-refractivity contribution >= 4 is 10.8 Å². The van der Waals surface area contributed by atoms with Crippen molar-refractivity contribution in [1.82, 2.24) is 5.32 Å². The molecule has 0 aliphatic carbocycles. The molecule has 0 spiro atoms. The van der Waals surface area contributed by atoms with E-state index in [0.29, 0.717) is 5.92 Å². The van der Waals surface area contributed by atoms with Gasteiger partial charge in [0, 0.05) is 5.39 Å². The first-order valence-electron chi connectivity index (χ1n) is 8.87. The van der Waals surface area contributed by atoms with Gasteiger partial charge in [0.25, 0.3) is 0 Å². The molecule has 3 aromatic rings. The van der Waals surface area contributed by atoms with Crippen molar-refractivity contribution in [2.75, 3.05) is 20.2 Å². The zero-order valence-corrected chi connectivity index (χ0v) is 14.5. The fourth-order valence-electron chi connectivity index (χ4n) is 3.57. The summed E-state index contributed by atoms with van der Waals surface area (Å²) in [4.78, 5) is 0. The van der Waals surface area contributed by atoms with E-state index in [1.807, 2.05) is 24.3 Å². The quantitative estimate of drug-likeness (QED) is 0.728. The molecule has 1 aliphatic rings. The Morgan fingerprint density at radius 3 is 2.64 bits per heavy atom. The lowest BCUT2D eigenvalue weighted by molar-refractivity contribution is 0.379. The van der Waals surface area contributed by atoms with Gasteiger partial charge in [-0.2, -0.15) is 0 Å². The van der Waals surface area contributed by atoms with Crippen LogP contribution in [0.1, 0.15) is 12.0 Å². The number of hydrogen-bond donors (Lipinski definition) is 1. The van der Waals surface area contributed by atoms with E-state index >= 15 is 0 Å². The first-order valence-corrected chi connectivity index (χ1v) is 8.87. The standard InChI is InChI=1S/C22H23NO2/c1-24-21-11-10-17-6-2-4-8-19(17)22(21)25-20-9-5-3-7-18(20)14-16-12-13-23-15-16/h2-11,16,23H,12-15H2,1H3. The van der Waals surface area contributed by atoms with Gasteiger partial charge in [-0.15, -0.1) is 0 Å². The molecule has 0 aromatic heterocycles. The molecule has 1 fully saturated rings. The number of methoxy groups -OCH3 is 1. The molecule has 0 bridgehead atoms. The van der Waals surface area contributed by atoms with Crippen LogP contribution in [0.3, 0.4) is 0 Å². The third-order valence-electron chi connectivity index (χ3n) is 4.92. The number of nitrogens with one attached hydrogen (secondary N) is 1. The Balaban J connectivity index is 1.72. The number of hydrogen-bond acceptors (Lipinski definition) is 3. The van der Waals surface area contributed by atoms with Gasteiger partial charge in [-0.1, -0.05) is 48.5 Å². The summed E-state index contributed by atoms with van der Waals surface area (Å²) in [6.45, 7) is 2.21. The summed E-state index contributed by atoms with van der Waals surface area (Å²) in [6, 6.07) is 20.6. The second-order valence-corrected chi connectivity index (χ2v) is 6.59. The Morgan fingerprint density at radius 2 is 1.80 bits per heavy atom. The van der Waals surface area contributed by atoms with E-state index < -0.39 is 0 Å². The lowest BCUT2D eigenvalue weighted by Gasteiger charge is -2.17. The highest BCUT2D eigenvalue weighted by Gasteiger charge is 2.18. The molecule has 3 heteroatoms. The molecule has 1 saturated heterocycles. The van der Waals surface area contributed by atoms with Gasteiger partial charge in [-0.3, -0.25) is 0 Å². The van der Waals surface area contributed by atoms with E-state index in [1.54, 1.807) is 7.11 Å². The summed E-state index contributed by atoms with van der Waals surface area (Å²) in [5.74, 6) is 3.15. The Morgan fingerprint density at radius 1 is 0.960 bits per heavy atom. The fourth-order valence-corrected chi connectivity index (χ4v) is 3.57. The molecule has 128 valence electrons. The van der Waals surface area contributed by atoms with Crippen molar-refractivity contribution in [2.45, 2.75) is 12.8 Å². The maximum absolute atomic E-state index is 6.41. The van der Waals surface area contributed by atoms with Gasteiger partial charge in [-0.25, -0.2) is 0 Å². The zero-order valence-electron chi connectivity index (χ0n) is 14.5. The minimum Gasteiger partial charge on any atom is -0.493 e. The summed E-state index contributed by atoms with van der Waals surface area (Å²) in [7, 11) is 1.69. The van der Waals surface area contributed by atoms with Gasteiger partial charge in [0.1, 0.15) is 5.75 Å². The summed E-state index contributed by atoms with van der Waals surface area (Å²) >= 11 is 0. The molecule has 3 nitrogen and oxygen atoms in total. The monoisotopic (exact) mass is 333 g/mol. The van der Waals surface area contributed by atoms with Crippen molar-refractivity contribution in [2.24, 2.45) is 5.92 Å². The first-order chi connectivity index (χ1) is 12.3. The highest BCUT2D eigenvalue weighted by Crippen LogP contribution is 2.39. The van der Waals surface area contributed by atoms with Gasteiger partial charge in [0.05, 0.1) is 7.11 Å². The van der Waals surface area contributed by atoms with E-state index in [4.69, 9.17) is 9.47 Å². The van der Waals surface area contributed by atoms with E-state index in [2.05, 4.69) is 41.7 Å². The fraction of sp³-hybridized carbons (Fsp3) is 0.273. The molecule has 1 heterocycles. The average Bonchev–Trinajstić information content (AvgIpc) is 3.16. The summed E-state index contributed by atoms with van der Waals surface area (Å²) in [6.07, 6.45) is 2.27. The summed E-state index contributed by atoms with van der Waals surface area (Å²) < 4.78 is 12.0. The predicted molar refractivity (Wildman–Crippen MR) is 102 cm³/mol. The average molecular weight is 333 g/mol. The second-order valence-electron chi connectivity index (χ2n) is 6.59. The Hall–Kier alpha value is -2.52. The maximum Gasteiger partial charge on any atom is 0.177 e. The molecular weight excluding hydrogens is 310 g/mol. The Labute approximate surface area is 148 Å². The number of rotatable bonds is 5. The molecule has 3 aromatic carbocycles. The maximum atomic E-state index is 6.41. The van der Waals surface area contributed by atoms with Gasteiger partial charge < -0.3 is 14.8 Å². The van der Waals surface area contributed by atoms with Crippen molar-refractivity contribution < 1.29 is 9.47 Å². The molecule has 0 amide bonds. The van der Waals surface area contributed by atoms with Crippen molar-refractivity contribution in [1.29, 1.82) is 0 Å². The highest BCUT2D eigenvalue weighted by molar-refractivity contribution is 5.91. The SMILES string of the molecule is COc1ccc2ccccc2c1Oc1ccccc1CC1CCNC1. The number of para-hydroxylation sites is 1. The van der Waals surface area contributed by atoms with Crippen LogP contribution in [-0.4, -0.2) is 20.2 Å². The molecule has 4 rings (SSSR count). The van der Waals surface area contributed by atoms with Crippen LogP contribution in [0.2, 0.25) is 0 Å². The first kappa shape index (κ1) is 16.0. The van der Waals surface area contributed by atoms with Crippen LogP contribution in [0.4, 0.5) is 0 Å². The smallest absolute Gasteiger partial charge is 0.177 e. The molecule has 1 atom stereocenters. The Bertz CT molecular complexity index is 869. The van der Waals surface area contributed by atoms with Gasteiger partial charge in [0.2, 0.25) is 0 Å². The van der Waals surface area contributed by atoms with Crippen LogP contribution in [0, 0.1) is 5.92 Å². The highest BCUT2D eigenvalue weighted by atomic mass is 16.5. The summed E-state index contributed by atoms with van der Waals surface area (Å²) in [5.41, 5.74) is 1.26. The second kappa shape index (κ2) is 7.16. The number of benzene rings is 3. The van der Waals surface area contributed by atoms with Gasteiger partial charge in [-0.05, 0) is 54.9 Å². The molecule has 1 N–H and O–H groups in total. The largest absolute Gasteiger partial charge is 0.493 e. The third kappa shape index (κ3) is 3.33. The normalized spacial score (nSPS) is 16.9. The topological polar surface area (TPSA) is 30.5 Å². The van der Waals surface area contributed by atoms with E-state index in [-0.39, 0.29) is 0 Å². The predicted octanol–water partition coefficient (Wildman–Crippen LogP) is 4.79. The molecule has 25 heavy (non-hydrogen) atoms. The summed E-state index contributed by atoms with van der Waals surface area (Å²) in [5, 5.41) is 5.66. The van der Waals surface area contributed by atoms with E-state index in [1.165, 1.54) is 12.0 Å². The van der Waals surface area contributed by atoms with Gasteiger partial charge in [0.15, 0.2) is 11.5 Å². The molecular formula is C22H23NO2. The van der Waals surface area contributed by atoms with Crippen molar-refractivity contribution in [3.63, 3.8) is 0 Å². The molecule has 0 saturated carbocycles. The van der Waals surface area contributed by atoms with Crippen LogP contribution in [-0.2, 0) is 6.42 Å². The molecule has 0 radical (unpaired) electrons. The van der Waals surface area contributed by atoms with Crippen LogP contribution in [0.5, 0.6) is 17.2 Å². The minimum atomic E-state index is 0.680. The van der Waals surface area contributed by atoms with E-state index in [9.17, 15) is 0 Å². The minimum absolute atomic E-state index is 0.680.